The van der Waals surface area contributed by atoms with E-state index in [0.29, 0.717) is 18.3 Å². The summed E-state index contributed by atoms with van der Waals surface area (Å²) in [6.07, 6.45) is -0.122. The highest BCUT2D eigenvalue weighted by atomic mass is 32.2. The normalized spacial score (nSPS) is 13.8. The molecule has 2 aromatic carbocycles. The van der Waals surface area contributed by atoms with E-state index < -0.39 is 86.3 Å². The van der Waals surface area contributed by atoms with Crippen molar-refractivity contribution < 1.29 is 56.1 Å². The highest BCUT2D eigenvalue weighted by molar-refractivity contribution is 7.90. The molecule has 0 amide bonds. The van der Waals surface area contributed by atoms with Gasteiger partial charge in [-0.1, -0.05) is 6.92 Å². The molecule has 0 saturated carbocycles. The summed E-state index contributed by atoms with van der Waals surface area (Å²) in [6, 6.07) is 0.892. The van der Waals surface area contributed by atoms with E-state index in [1.165, 1.54) is 6.92 Å². The van der Waals surface area contributed by atoms with Crippen LogP contribution in [0.1, 0.15) is 12.5 Å². The van der Waals surface area contributed by atoms with Crippen molar-refractivity contribution in [1.29, 1.82) is 0 Å². The van der Waals surface area contributed by atoms with E-state index >= 15 is 0 Å². The van der Waals surface area contributed by atoms with Crippen molar-refractivity contribution in [2.24, 2.45) is 0 Å². The molecule has 17 heteroatoms. The Morgan fingerprint density at radius 2 is 1.59 bits per heavy atom. The number of aromatic nitrogens is 2. The van der Waals surface area contributed by atoms with Crippen molar-refractivity contribution in [2.75, 3.05) is 0 Å². The number of benzene rings is 2. The number of fused-ring (bicyclic) bond motifs is 2. The molecule has 176 valence electrons. The van der Waals surface area contributed by atoms with Crippen LogP contribution < -0.4 is 4.18 Å². The van der Waals surface area contributed by atoms with Crippen LogP contribution in [0, 0.1) is 11.6 Å². The summed E-state index contributed by atoms with van der Waals surface area (Å²) >= 11 is 0. The van der Waals surface area contributed by atoms with E-state index in [9.17, 15) is 52.0 Å². The zero-order valence-electron chi connectivity index (χ0n) is 15.2. The molecule has 7 nitrogen and oxygen atoms in total. The highest BCUT2D eigenvalue weighted by Gasteiger charge is 2.50. The van der Waals surface area contributed by atoms with Gasteiger partial charge in [0.25, 0.3) is 0 Å². The molecule has 0 bridgehead atoms. The van der Waals surface area contributed by atoms with Crippen LogP contribution in [0.3, 0.4) is 0 Å². The smallest absolute Gasteiger partial charge is 0.375 e. The fourth-order valence-electron chi connectivity index (χ4n) is 2.88. The van der Waals surface area contributed by atoms with E-state index in [2.05, 4.69) is 9.28 Å². The first-order valence-electron chi connectivity index (χ1n) is 8.08. The maximum atomic E-state index is 14.3. The SMILES string of the molecule is CCc1c(F)c(F)cc2cc3c(cnn3S(=O)(=O)C(F)(F)F)c(OS(=O)(=O)C(F)(F)F)c12. The summed E-state index contributed by atoms with van der Waals surface area (Å²) in [4.78, 5) is 0. The summed E-state index contributed by atoms with van der Waals surface area (Å²) in [5, 5.41) is 0.664. The molecule has 0 N–H and O–H groups in total. The Labute approximate surface area is 173 Å². The van der Waals surface area contributed by atoms with Crippen molar-refractivity contribution in [1.82, 2.24) is 9.19 Å². The van der Waals surface area contributed by atoms with Crippen LogP contribution in [0.15, 0.2) is 18.3 Å². The van der Waals surface area contributed by atoms with Gasteiger partial charge in [0.05, 0.1) is 17.1 Å². The second kappa shape index (κ2) is 7.16. The van der Waals surface area contributed by atoms with E-state index in [-0.39, 0.29) is 0 Å². The van der Waals surface area contributed by atoms with Crippen LogP contribution in [0.25, 0.3) is 21.7 Å². The lowest BCUT2D eigenvalue weighted by molar-refractivity contribution is -0.0499. The molecule has 0 fully saturated rings. The lowest BCUT2D eigenvalue weighted by atomic mass is 9.99. The molecular formula is C15H8F8N2O5S2. The lowest BCUT2D eigenvalue weighted by Gasteiger charge is -2.16. The third-order valence-corrected chi connectivity index (χ3v) is 6.52. The van der Waals surface area contributed by atoms with Crippen molar-refractivity contribution in [3.8, 4) is 5.75 Å². The molecule has 0 unspecified atom stereocenters. The van der Waals surface area contributed by atoms with E-state index in [0.717, 1.165) is 0 Å². The quantitative estimate of drug-likeness (QED) is 0.299. The fraction of sp³-hybridized carbons (Fsp3) is 0.267. The van der Waals surface area contributed by atoms with Gasteiger partial charge in [0.15, 0.2) is 17.4 Å². The molecule has 0 aliphatic heterocycles. The predicted octanol–water partition coefficient (Wildman–Crippen LogP) is 3.96. The zero-order chi connectivity index (χ0) is 24.4. The van der Waals surface area contributed by atoms with Gasteiger partial charge in [-0.15, -0.1) is 4.09 Å². The Kier molecular flexibility index (Phi) is 5.36. The van der Waals surface area contributed by atoms with Gasteiger partial charge in [0.1, 0.15) is 0 Å². The summed E-state index contributed by atoms with van der Waals surface area (Å²) in [7, 11) is -12.7. The zero-order valence-corrected chi connectivity index (χ0v) is 16.8. The standard InChI is InChI=1S/C15H8F8N2O5S2/c1-2-7-11-6(3-9(16)12(7)17)4-10-8(13(11)30-32(28,29)15(21,22)23)5-24-25(10)31(26,27)14(18,19)20/h3-5H,2H2,1H3. The Bertz CT molecular complexity index is 1460. The first kappa shape index (κ1) is 24.0. The molecule has 3 aromatic rings. The first-order chi connectivity index (χ1) is 14.4. The van der Waals surface area contributed by atoms with Crippen LogP contribution in [-0.4, -0.2) is 37.0 Å². The predicted molar refractivity (Wildman–Crippen MR) is 92.5 cm³/mol. The minimum Gasteiger partial charge on any atom is -0.375 e. The summed E-state index contributed by atoms with van der Waals surface area (Å²) in [5.41, 5.74) is -13.7. The van der Waals surface area contributed by atoms with Crippen molar-refractivity contribution in [3.63, 3.8) is 0 Å². The maximum Gasteiger partial charge on any atom is 0.534 e. The summed E-state index contributed by atoms with van der Waals surface area (Å²) < 4.78 is 156. The van der Waals surface area contributed by atoms with E-state index in [1.807, 2.05) is 0 Å². The molecule has 0 radical (unpaired) electrons. The van der Waals surface area contributed by atoms with E-state index in [1.54, 1.807) is 0 Å². The van der Waals surface area contributed by atoms with Gasteiger partial charge in [-0.3, -0.25) is 0 Å². The summed E-state index contributed by atoms with van der Waals surface area (Å²) in [6.45, 7) is 1.22. The third kappa shape index (κ3) is 3.52. The number of nitrogens with zero attached hydrogens (tertiary/aromatic N) is 2. The van der Waals surface area contributed by atoms with Crippen molar-refractivity contribution >= 4 is 41.8 Å². The molecule has 0 saturated heterocycles. The number of hydrogen-bond donors (Lipinski definition) is 0. The van der Waals surface area contributed by atoms with Crippen LogP contribution >= 0.6 is 0 Å². The number of aryl methyl sites for hydroxylation is 1. The largest absolute Gasteiger partial charge is 0.534 e. The number of alkyl halides is 6. The fourth-order valence-corrected chi connectivity index (χ4v) is 4.14. The van der Waals surface area contributed by atoms with Crippen LogP contribution in [0.2, 0.25) is 0 Å². The average molecular weight is 512 g/mol. The number of halogens is 8. The Morgan fingerprint density at radius 3 is 2.09 bits per heavy atom. The monoisotopic (exact) mass is 512 g/mol. The molecule has 3 rings (SSSR count). The molecule has 0 aliphatic carbocycles. The van der Waals surface area contributed by atoms with Gasteiger partial charge in [-0.2, -0.15) is 48.3 Å². The Morgan fingerprint density at radius 1 is 1.00 bits per heavy atom. The first-order valence-corrected chi connectivity index (χ1v) is 10.9. The molecule has 0 aliphatic rings. The van der Waals surface area contributed by atoms with Crippen LogP contribution in [0.4, 0.5) is 35.1 Å². The Hall–Kier alpha value is -2.69. The van der Waals surface area contributed by atoms with Crippen molar-refractivity contribution in [3.05, 3.63) is 35.5 Å². The molecular weight excluding hydrogens is 504 g/mol. The molecule has 32 heavy (non-hydrogen) atoms. The molecule has 0 atom stereocenters. The highest BCUT2D eigenvalue weighted by Crippen LogP contribution is 2.42. The topological polar surface area (TPSA) is 95.3 Å². The van der Waals surface area contributed by atoms with Gasteiger partial charge in [-0.25, -0.2) is 8.78 Å². The van der Waals surface area contributed by atoms with Gasteiger partial charge >= 0.3 is 31.2 Å². The second-order valence-corrected chi connectivity index (χ2v) is 9.46. The van der Waals surface area contributed by atoms with Gasteiger partial charge in [-0.05, 0) is 23.9 Å². The maximum absolute atomic E-state index is 14.3. The molecule has 1 heterocycles. The lowest BCUT2D eigenvalue weighted by Crippen LogP contribution is -2.30. The van der Waals surface area contributed by atoms with Crippen LogP contribution in [0.5, 0.6) is 5.75 Å². The minimum atomic E-state index is -6.46. The number of hydrogen-bond acceptors (Lipinski definition) is 6. The van der Waals surface area contributed by atoms with Gasteiger partial charge in [0, 0.05) is 10.9 Å². The number of rotatable bonds is 4. The molecule has 0 spiro atoms. The average Bonchev–Trinajstić information content (AvgIpc) is 3.05. The summed E-state index contributed by atoms with van der Waals surface area (Å²) in [5.74, 6) is -4.53. The van der Waals surface area contributed by atoms with Gasteiger partial charge < -0.3 is 4.18 Å². The van der Waals surface area contributed by atoms with Gasteiger partial charge in [0.2, 0.25) is 0 Å². The third-order valence-electron chi connectivity index (χ3n) is 4.24. The molecule has 1 aromatic heterocycles. The second-order valence-electron chi connectivity index (χ2n) is 6.16. The Balaban J connectivity index is 2.56. The van der Waals surface area contributed by atoms with Crippen molar-refractivity contribution in [2.45, 2.75) is 24.4 Å². The van der Waals surface area contributed by atoms with E-state index in [4.69, 9.17) is 0 Å². The van der Waals surface area contributed by atoms with Crippen LogP contribution in [-0.2, 0) is 26.6 Å². The minimum absolute atomic E-state index is 0.292.